The molecule has 0 unspecified atom stereocenters. The van der Waals surface area contributed by atoms with Crippen LogP contribution in [0, 0.1) is 5.92 Å². The molecule has 1 saturated carbocycles. The standard InChI is InChI=1S/C22H26F3N3O3/c23-22(24,25)16-6-3-7-18(12-16)30-10-8-17-13-19(27-26-17)20-14-28(9-11-31-20)21(29)15-4-1-2-5-15/h3,6-7,12-13,15,20H,1-2,4-5,8-11,14H2,(H,26,27)/t20-/m1/s1. The van der Waals surface area contributed by atoms with Gasteiger partial charge in [0.05, 0.1) is 31.0 Å². The third-order valence-corrected chi connectivity index (χ3v) is 5.86. The van der Waals surface area contributed by atoms with Crippen LogP contribution in [0.4, 0.5) is 13.2 Å². The van der Waals surface area contributed by atoms with Crippen molar-refractivity contribution in [3.8, 4) is 5.75 Å². The molecule has 168 valence electrons. The summed E-state index contributed by atoms with van der Waals surface area (Å²) in [4.78, 5) is 14.6. The van der Waals surface area contributed by atoms with Gasteiger partial charge < -0.3 is 14.4 Å². The SMILES string of the molecule is O=C(C1CCCC1)N1CCO[C@@H](c2cc(CCOc3cccc(C(F)(F)F)c3)[nH]n2)C1. The van der Waals surface area contributed by atoms with Gasteiger partial charge in [-0.25, -0.2) is 0 Å². The van der Waals surface area contributed by atoms with E-state index in [1.165, 1.54) is 12.1 Å². The van der Waals surface area contributed by atoms with E-state index in [2.05, 4.69) is 10.2 Å². The number of carbonyl (C=O) groups is 1. The van der Waals surface area contributed by atoms with Crippen LogP contribution in [0.25, 0.3) is 0 Å². The van der Waals surface area contributed by atoms with E-state index in [4.69, 9.17) is 9.47 Å². The van der Waals surface area contributed by atoms with E-state index in [9.17, 15) is 18.0 Å². The van der Waals surface area contributed by atoms with Crippen molar-refractivity contribution in [1.29, 1.82) is 0 Å². The minimum Gasteiger partial charge on any atom is -0.493 e. The Kier molecular flexibility index (Phi) is 6.50. The maximum absolute atomic E-state index is 12.8. The number of alkyl halides is 3. The highest BCUT2D eigenvalue weighted by Gasteiger charge is 2.32. The molecule has 4 rings (SSSR count). The monoisotopic (exact) mass is 437 g/mol. The van der Waals surface area contributed by atoms with Gasteiger partial charge >= 0.3 is 6.18 Å². The molecular formula is C22H26F3N3O3. The molecule has 31 heavy (non-hydrogen) atoms. The Bertz CT molecular complexity index is 893. The predicted molar refractivity (Wildman–Crippen MR) is 106 cm³/mol. The lowest BCUT2D eigenvalue weighted by Gasteiger charge is -2.33. The molecule has 1 aromatic heterocycles. The lowest BCUT2D eigenvalue weighted by molar-refractivity contribution is -0.143. The van der Waals surface area contributed by atoms with Crippen molar-refractivity contribution in [2.45, 2.75) is 44.4 Å². The summed E-state index contributed by atoms with van der Waals surface area (Å²) in [5.74, 6) is 0.531. The van der Waals surface area contributed by atoms with Gasteiger partial charge in [-0.2, -0.15) is 18.3 Å². The number of nitrogens with zero attached hydrogens (tertiary/aromatic N) is 2. The fourth-order valence-corrected chi connectivity index (χ4v) is 4.17. The van der Waals surface area contributed by atoms with Crippen molar-refractivity contribution in [2.75, 3.05) is 26.3 Å². The first kappa shape index (κ1) is 21.7. The largest absolute Gasteiger partial charge is 0.493 e. The number of nitrogens with one attached hydrogen (secondary N) is 1. The van der Waals surface area contributed by atoms with Crippen LogP contribution in [-0.2, 0) is 22.1 Å². The van der Waals surface area contributed by atoms with Gasteiger partial charge in [0, 0.05) is 24.6 Å². The van der Waals surface area contributed by atoms with Gasteiger partial charge in [-0.15, -0.1) is 0 Å². The fraction of sp³-hybridized carbons (Fsp3) is 0.545. The summed E-state index contributed by atoms with van der Waals surface area (Å²) < 4.78 is 49.7. The van der Waals surface area contributed by atoms with Gasteiger partial charge in [0.25, 0.3) is 0 Å². The quantitative estimate of drug-likeness (QED) is 0.738. The summed E-state index contributed by atoms with van der Waals surface area (Å²) in [7, 11) is 0. The Hall–Kier alpha value is -2.55. The van der Waals surface area contributed by atoms with Crippen molar-refractivity contribution in [3.63, 3.8) is 0 Å². The fourth-order valence-electron chi connectivity index (χ4n) is 4.17. The lowest BCUT2D eigenvalue weighted by Crippen LogP contribution is -2.44. The van der Waals surface area contributed by atoms with E-state index < -0.39 is 11.7 Å². The van der Waals surface area contributed by atoms with Crippen LogP contribution >= 0.6 is 0 Å². The predicted octanol–water partition coefficient (Wildman–Crippen LogP) is 4.14. The topological polar surface area (TPSA) is 67.5 Å². The first-order valence-corrected chi connectivity index (χ1v) is 10.6. The number of aromatic nitrogens is 2. The molecule has 2 fully saturated rings. The Morgan fingerprint density at radius 2 is 2.06 bits per heavy atom. The first-order valence-electron chi connectivity index (χ1n) is 10.6. The van der Waals surface area contributed by atoms with E-state index in [-0.39, 0.29) is 30.3 Å². The summed E-state index contributed by atoms with van der Waals surface area (Å²) in [5.41, 5.74) is 0.780. The average molecular weight is 437 g/mol. The minimum absolute atomic E-state index is 0.140. The number of benzene rings is 1. The number of amides is 1. The highest BCUT2D eigenvalue weighted by atomic mass is 19.4. The maximum atomic E-state index is 12.8. The number of H-pyrrole nitrogens is 1. The van der Waals surface area contributed by atoms with Crippen LogP contribution in [0.1, 0.15) is 48.7 Å². The molecule has 9 heteroatoms. The van der Waals surface area contributed by atoms with E-state index >= 15 is 0 Å². The summed E-state index contributed by atoms with van der Waals surface area (Å²) in [6, 6.07) is 6.69. The van der Waals surface area contributed by atoms with Crippen molar-refractivity contribution in [3.05, 3.63) is 47.3 Å². The second kappa shape index (κ2) is 9.30. The molecule has 2 heterocycles. The number of aromatic amines is 1. The van der Waals surface area contributed by atoms with Crippen molar-refractivity contribution in [2.24, 2.45) is 5.92 Å². The lowest BCUT2D eigenvalue weighted by atomic mass is 10.1. The molecule has 2 aromatic rings. The summed E-state index contributed by atoms with van der Waals surface area (Å²) in [6.07, 6.45) is -0.0389. The molecule has 6 nitrogen and oxygen atoms in total. The second-order valence-corrected chi connectivity index (χ2v) is 8.07. The number of carbonyl (C=O) groups excluding carboxylic acids is 1. The van der Waals surface area contributed by atoms with E-state index in [1.807, 2.05) is 11.0 Å². The Morgan fingerprint density at radius 3 is 2.84 bits per heavy atom. The number of morpholine rings is 1. The number of ether oxygens (including phenoxy) is 2. The van der Waals surface area contributed by atoms with Gasteiger partial charge in [0.2, 0.25) is 5.91 Å². The Morgan fingerprint density at radius 1 is 1.26 bits per heavy atom. The average Bonchev–Trinajstić information content (AvgIpc) is 3.45. The highest BCUT2D eigenvalue weighted by Crippen LogP contribution is 2.31. The van der Waals surface area contributed by atoms with Gasteiger partial charge in [-0.05, 0) is 37.1 Å². The van der Waals surface area contributed by atoms with Gasteiger partial charge in [-0.1, -0.05) is 18.9 Å². The molecule has 1 amide bonds. The summed E-state index contributed by atoms with van der Waals surface area (Å²) >= 11 is 0. The normalized spacial score (nSPS) is 20.2. The molecule has 1 N–H and O–H groups in total. The number of halogens is 3. The molecule has 1 saturated heterocycles. The molecule has 1 atom stereocenters. The van der Waals surface area contributed by atoms with Crippen LogP contribution in [0.5, 0.6) is 5.75 Å². The summed E-state index contributed by atoms with van der Waals surface area (Å²) in [6.45, 7) is 1.78. The van der Waals surface area contributed by atoms with Crippen molar-refractivity contribution in [1.82, 2.24) is 15.1 Å². The van der Waals surface area contributed by atoms with E-state index in [1.54, 1.807) is 0 Å². The maximum Gasteiger partial charge on any atom is 0.416 e. The van der Waals surface area contributed by atoms with Crippen LogP contribution < -0.4 is 4.74 Å². The molecule has 1 aromatic carbocycles. The molecule has 1 aliphatic carbocycles. The van der Waals surface area contributed by atoms with E-state index in [0.717, 1.165) is 49.2 Å². The zero-order chi connectivity index (χ0) is 21.8. The van der Waals surface area contributed by atoms with Crippen LogP contribution in [0.2, 0.25) is 0 Å². The van der Waals surface area contributed by atoms with Crippen molar-refractivity contribution >= 4 is 5.91 Å². The molecule has 0 spiro atoms. The Labute approximate surface area is 178 Å². The zero-order valence-electron chi connectivity index (χ0n) is 17.2. The summed E-state index contributed by atoms with van der Waals surface area (Å²) in [5, 5.41) is 7.24. The number of hydrogen-bond acceptors (Lipinski definition) is 4. The second-order valence-electron chi connectivity index (χ2n) is 8.07. The third kappa shape index (κ3) is 5.39. The number of hydrogen-bond donors (Lipinski definition) is 1. The van der Waals surface area contributed by atoms with Crippen LogP contribution in [0.3, 0.4) is 0 Å². The molecule has 2 aliphatic rings. The van der Waals surface area contributed by atoms with Gasteiger partial charge in [0.1, 0.15) is 11.9 Å². The molecular weight excluding hydrogens is 411 g/mol. The Balaban J connectivity index is 1.29. The zero-order valence-corrected chi connectivity index (χ0v) is 17.2. The van der Waals surface area contributed by atoms with Crippen LogP contribution in [0.15, 0.2) is 30.3 Å². The smallest absolute Gasteiger partial charge is 0.416 e. The van der Waals surface area contributed by atoms with Crippen LogP contribution in [-0.4, -0.2) is 47.3 Å². The first-order chi connectivity index (χ1) is 14.9. The van der Waals surface area contributed by atoms with Gasteiger partial charge in [-0.3, -0.25) is 9.89 Å². The minimum atomic E-state index is -4.40. The molecule has 0 radical (unpaired) electrons. The number of rotatable bonds is 6. The van der Waals surface area contributed by atoms with E-state index in [0.29, 0.717) is 26.1 Å². The van der Waals surface area contributed by atoms with Gasteiger partial charge in [0.15, 0.2) is 0 Å². The van der Waals surface area contributed by atoms with Crippen molar-refractivity contribution < 1.29 is 27.4 Å². The molecule has 0 bridgehead atoms. The highest BCUT2D eigenvalue weighted by molar-refractivity contribution is 5.79. The molecule has 1 aliphatic heterocycles. The third-order valence-electron chi connectivity index (χ3n) is 5.86.